The molecule has 0 atom stereocenters. The highest BCUT2D eigenvalue weighted by Crippen LogP contribution is 2.53. The quantitative estimate of drug-likeness (QED) is 0.167. The number of benzene rings is 10. The third-order valence-corrected chi connectivity index (χ3v) is 16.0. The van der Waals surface area contributed by atoms with E-state index in [-0.39, 0.29) is 5.41 Å². The molecule has 10 aromatic carbocycles. The van der Waals surface area contributed by atoms with Gasteiger partial charge in [-0.3, -0.25) is 0 Å². The van der Waals surface area contributed by atoms with Crippen LogP contribution < -0.4 is 4.90 Å². The molecule has 12 aromatic rings. The zero-order valence-electron chi connectivity index (χ0n) is 34.3. The number of hydrogen-bond donors (Lipinski definition) is 0. The van der Waals surface area contributed by atoms with Gasteiger partial charge in [0.15, 0.2) is 0 Å². The van der Waals surface area contributed by atoms with Crippen molar-refractivity contribution in [3.8, 4) is 33.4 Å². The van der Waals surface area contributed by atoms with E-state index in [9.17, 15) is 0 Å². The summed E-state index contributed by atoms with van der Waals surface area (Å²) < 4.78 is 5.31. The lowest BCUT2D eigenvalue weighted by molar-refractivity contribution is 0.660. The molecule has 0 amide bonds. The fraction of sp³-hybridized carbons (Fsp3) is 0.0508. The van der Waals surface area contributed by atoms with Crippen LogP contribution in [0.5, 0.6) is 0 Å². The van der Waals surface area contributed by atoms with Crippen LogP contribution in [0.1, 0.15) is 25.0 Å². The van der Waals surface area contributed by atoms with Crippen molar-refractivity contribution < 1.29 is 0 Å². The molecule has 1 aliphatic carbocycles. The van der Waals surface area contributed by atoms with Gasteiger partial charge in [0.2, 0.25) is 0 Å². The highest BCUT2D eigenvalue weighted by molar-refractivity contribution is 7.27. The van der Waals surface area contributed by atoms with E-state index in [0.29, 0.717) is 0 Å². The first-order valence-corrected chi connectivity index (χ1v) is 23.0. The molecule has 0 radical (unpaired) electrons. The maximum absolute atomic E-state index is 2.47. The van der Waals surface area contributed by atoms with Crippen molar-refractivity contribution >= 4 is 102 Å². The van der Waals surface area contributed by atoms with Crippen LogP contribution in [-0.2, 0) is 5.41 Å². The summed E-state index contributed by atoms with van der Waals surface area (Å²) in [6.45, 7) is 4.71. The molecule has 0 spiro atoms. The molecule has 13 rings (SSSR count). The summed E-state index contributed by atoms with van der Waals surface area (Å²) in [6.07, 6.45) is 0. The first-order valence-electron chi connectivity index (χ1n) is 21.4. The summed E-state index contributed by atoms with van der Waals surface area (Å²) in [5.41, 5.74) is 13.9. The molecule has 0 bridgehead atoms. The average Bonchev–Trinajstić information content (AvgIpc) is 3.98. The van der Waals surface area contributed by atoms with Gasteiger partial charge in [-0.15, -0.1) is 22.7 Å². The molecule has 0 saturated heterocycles. The second-order valence-corrected chi connectivity index (χ2v) is 19.2. The van der Waals surface area contributed by atoms with Gasteiger partial charge in [0.05, 0.1) is 10.4 Å². The molecule has 1 nitrogen and oxygen atoms in total. The fourth-order valence-electron chi connectivity index (χ4n) is 10.4. The highest BCUT2D eigenvalue weighted by Gasteiger charge is 2.36. The van der Waals surface area contributed by atoms with E-state index in [1.54, 1.807) is 0 Å². The maximum Gasteiger partial charge on any atom is 0.0640 e. The summed E-state index contributed by atoms with van der Waals surface area (Å²) in [4.78, 5) is 2.47. The Bertz CT molecular complexity index is 3770. The number of nitrogens with zero attached hydrogens (tertiary/aromatic N) is 1. The Morgan fingerprint density at radius 3 is 1.48 bits per heavy atom. The number of thiophene rings is 2. The molecular formula is C59H39NS2. The zero-order valence-corrected chi connectivity index (χ0v) is 35.9. The van der Waals surface area contributed by atoms with Gasteiger partial charge in [0, 0.05) is 52.4 Å². The smallest absolute Gasteiger partial charge is 0.0640 e. The Morgan fingerprint density at radius 2 is 0.806 bits per heavy atom. The van der Waals surface area contributed by atoms with Crippen LogP contribution in [-0.4, -0.2) is 0 Å². The first-order chi connectivity index (χ1) is 30.5. The molecule has 2 aromatic heterocycles. The van der Waals surface area contributed by atoms with E-state index in [1.807, 2.05) is 22.7 Å². The maximum atomic E-state index is 2.47. The van der Waals surface area contributed by atoms with E-state index < -0.39 is 0 Å². The summed E-state index contributed by atoms with van der Waals surface area (Å²) >= 11 is 3.82. The Hall–Kier alpha value is -7.04. The predicted molar refractivity (Wildman–Crippen MR) is 270 cm³/mol. The van der Waals surface area contributed by atoms with Gasteiger partial charge in [-0.1, -0.05) is 184 Å². The lowest BCUT2D eigenvalue weighted by Gasteiger charge is -2.26. The minimum absolute atomic E-state index is 0.0457. The van der Waals surface area contributed by atoms with Crippen LogP contribution >= 0.6 is 22.7 Å². The minimum Gasteiger partial charge on any atom is -0.309 e. The lowest BCUT2D eigenvalue weighted by atomic mass is 9.82. The molecule has 0 aliphatic heterocycles. The first kappa shape index (κ1) is 35.7. The molecular weight excluding hydrogens is 787 g/mol. The molecule has 0 N–H and O–H groups in total. The number of rotatable bonds is 5. The molecule has 2 heterocycles. The summed E-state index contributed by atoms with van der Waals surface area (Å²) in [7, 11) is 0. The Morgan fingerprint density at radius 1 is 0.339 bits per heavy atom. The van der Waals surface area contributed by atoms with Crippen LogP contribution in [0.2, 0.25) is 0 Å². The second-order valence-electron chi connectivity index (χ2n) is 17.2. The normalized spacial score (nSPS) is 13.1. The summed E-state index contributed by atoms with van der Waals surface area (Å²) in [5, 5.41) is 10.4. The SMILES string of the molecule is CC1(C)c2ccccc2-c2c(-c3ccc(N(c4ccc(-c5cccc6c5sc5c7ccccc7ccc65)cc4)c4cccc5c4sc4c6ccccc6ccc54)cc3)cccc21. The molecule has 0 fully saturated rings. The average molecular weight is 826 g/mol. The van der Waals surface area contributed by atoms with Gasteiger partial charge in [-0.25, -0.2) is 0 Å². The number of fused-ring (bicyclic) bond motifs is 13. The zero-order chi connectivity index (χ0) is 41.1. The Balaban J connectivity index is 0.972. The van der Waals surface area contributed by atoms with Crippen LogP contribution in [0.25, 0.3) is 95.3 Å². The third kappa shape index (κ3) is 5.19. The van der Waals surface area contributed by atoms with Crippen molar-refractivity contribution in [2.45, 2.75) is 19.3 Å². The van der Waals surface area contributed by atoms with Crippen molar-refractivity contribution in [2.24, 2.45) is 0 Å². The largest absolute Gasteiger partial charge is 0.309 e. The highest BCUT2D eigenvalue weighted by atomic mass is 32.1. The molecule has 0 saturated carbocycles. The lowest BCUT2D eigenvalue weighted by Crippen LogP contribution is -2.14. The van der Waals surface area contributed by atoms with Crippen LogP contribution in [0.4, 0.5) is 17.1 Å². The summed E-state index contributed by atoms with van der Waals surface area (Å²) in [5.74, 6) is 0. The van der Waals surface area contributed by atoms with Crippen LogP contribution in [0.3, 0.4) is 0 Å². The standard InChI is InChI=1S/C59H39NS2/c1-59(2)51-21-8-7-16-50(51)54-42(17-10-22-52(54)59)38-24-30-40(31-25-38)60(53-23-11-20-47-49-35-29-37-13-4-6-15-44(37)57(49)62-58(47)53)41-32-26-39(27-33-41)45-18-9-19-46-48-34-28-36-12-3-5-14-43(36)56(48)61-55(45)46/h3-35H,1-2H3. The van der Waals surface area contributed by atoms with Crippen LogP contribution in [0.15, 0.2) is 200 Å². The van der Waals surface area contributed by atoms with E-state index in [1.165, 1.54) is 112 Å². The van der Waals surface area contributed by atoms with Crippen LogP contribution in [0, 0.1) is 0 Å². The van der Waals surface area contributed by atoms with Gasteiger partial charge >= 0.3 is 0 Å². The van der Waals surface area contributed by atoms with Crippen molar-refractivity contribution in [2.75, 3.05) is 4.90 Å². The Kier molecular flexibility index (Phi) is 7.76. The van der Waals surface area contributed by atoms with Gasteiger partial charge in [-0.05, 0) is 96.4 Å². The monoisotopic (exact) mass is 825 g/mol. The van der Waals surface area contributed by atoms with E-state index in [4.69, 9.17) is 0 Å². The van der Waals surface area contributed by atoms with E-state index in [2.05, 4.69) is 219 Å². The number of hydrogen-bond acceptors (Lipinski definition) is 3. The fourth-order valence-corrected chi connectivity index (χ4v) is 13.2. The molecule has 292 valence electrons. The predicted octanol–water partition coefficient (Wildman–Crippen LogP) is 17.8. The van der Waals surface area contributed by atoms with Crippen molar-refractivity contribution in [3.63, 3.8) is 0 Å². The molecule has 3 heteroatoms. The van der Waals surface area contributed by atoms with Gasteiger partial charge in [0.25, 0.3) is 0 Å². The summed E-state index contributed by atoms with van der Waals surface area (Å²) in [6, 6.07) is 74.6. The molecule has 62 heavy (non-hydrogen) atoms. The van der Waals surface area contributed by atoms with Gasteiger partial charge < -0.3 is 4.90 Å². The second kappa shape index (κ2) is 13.5. The molecule has 0 unspecified atom stereocenters. The minimum atomic E-state index is -0.0457. The van der Waals surface area contributed by atoms with Crippen molar-refractivity contribution in [3.05, 3.63) is 211 Å². The Labute approximate surface area is 368 Å². The number of anilines is 3. The molecule has 1 aliphatic rings. The van der Waals surface area contributed by atoms with Gasteiger partial charge in [-0.2, -0.15) is 0 Å². The van der Waals surface area contributed by atoms with E-state index in [0.717, 1.165) is 11.4 Å². The van der Waals surface area contributed by atoms with Gasteiger partial charge in [0.1, 0.15) is 0 Å². The third-order valence-electron chi connectivity index (χ3n) is 13.5. The van der Waals surface area contributed by atoms with E-state index >= 15 is 0 Å². The topological polar surface area (TPSA) is 3.24 Å². The van der Waals surface area contributed by atoms with Crippen molar-refractivity contribution in [1.82, 2.24) is 0 Å². The van der Waals surface area contributed by atoms with Crippen molar-refractivity contribution in [1.29, 1.82) is 0 Å².